The number of thiophene rings is 1. The van der Waals surface area contributed by atoms with Crippen LogP contribution < -0.4 is 0 Å². The van der Waals surface area contributed by atoms with Crippen LogP contribution in [-0.2, 0) is 9.59 Å². The van der Waals surface area contributed by atoms with Gasteiger partial charge in [0.1, 0.15) is 0 Å². The molecule has 0 aromatic carbocycles. The number of carbonyl (C=O) groups is 2. The molecule has 1 amide bonds. The van der Waals surface area contributed by atoms with E-state index in [-0.39, 0.29) is 11.9 Å². The molecule has 0 saturated carbocycles. The smallest absolute Gasteiger partial charge is 0.331 e. The Morgan fingerprint density at radius 3 is 2.38 bits per heavy atom. The van der Waals surface area contributed by atoms with Gasteiger partial charge in [0, 0.05) is 13.0 Å². The van der Waals surface area contributed by atoms with Crippen molar-refractivity contribution < 1.29 is 14.7 Å². The van der Waals surface area contributed by atoms with Gasteiger partial charge in [0.15, 0.2) is 6.04 Å². The molecule has 0 bridgehead atoms. The lowest BCUT2D eigenvalue weighted by Crippen LogP contribution is -2.42. The van der Waals surface area contributed by atoms with Gasteiger partial charge in [-0.25, -0.2) is 4.79 Å². The van der Waals surface area contributed by atoms with Gasteiger partial charge in [-0.2, -0.15) is 11.3 Å². The van der Waals surface area contributed by atoms with E-state index >= 15 is 0 Å². The molecule has 0 aliphatic rings. The van der Waals surface area contributed by atoms with Crippen molar-refractivity contribution in [2.24, 2.45) is 0 Å². The fourth-order valence-electron chi connectivity index (χ4n) is 1.70. The van der Waals surface area contributed by atoms with Crippen LogP contribution in [0, 0.1) is 0 Å². The van der Waals surface area contributed by atoms with Crippen molar-refractivity contribution >= 4 is 23.2 Å². The first-order chi connectivity index (χ1) is 7.45. The first kappa shape index (κ1) is 12.7. The van der Waals surface area contributed by atoms with Crippen molar-refractivity contribution in [1.82, 2.24) is 4.90 Å². The van der Waals surface area contributed by atoms with Gasteiger partial charge in [-0.05, 0) is 36.2 Å². The van der Waals surface area contributed by atoms with Crippen LogP contribution in [0.2, 0.25) is 0 Å². The predicted octanol–water partition coefficient (Wildman–Crippen LogP) is 2.13. The highest BCUT2D eigenvalue weighted by molar-refractivity contribution is 7.08. The molecule has 4 nitrogen and oxygen atoms in total. The summed E-state index contributed by atoms with van der Waals surface area (Å²) < 4.78 is 0. The normalized spacial score (nSPS) is 12.5. The summed E-state index contributed by atoms with van der Waals surface area (Å²) in [7, 11) is 0. The minimum absolute atomic E-state index is 0.140. The Morgan fingerprint density at radius 1 is 1.44 bits per heavy atom. The van der Waals surface area contributed by atoms with Crippen LogP contribution in [0.3, 0.4) is 0 Å². The van der Waals surface area contributed by atoms with Crippen molar-refractivity contribution in [1.29, 1.82) is 0 Å². The molecule has 1 heterocycles. The number of nitrogens with zero attached hydrogens (tertiary/aromatic N) is 1. The minimum Gasteiger partial charge on any atom is -0.479 e. The lowest BCUT2D eigenvalue weighted by atomic mass is 10.1. The molecule has 0 fully saturated rings. The molecule has 0 radical (unpaired) electrons. The average Bonchev–Trinajstić information content (AvgIpc) is 2.64. The molecule has 1 atom stereocenters. The molecule has 0 aliphatic carbocycles. The standard InChI is InChI=1S/C11H15NO3S/c1-7(2)12(8(3)13)10(11(14)15)9-4-5-16-6-9/h4-7,10H,1-3H3,(H,14,15). The summed E-state index contributed by atoms with van der Waals surface area (Å²) in [5, 5.41) is 12.8. The summed E-state index contributed by atoms with van der Waals surface area (Å²) >= 11 is 1.42. The molecule has 0 spiro atoms. The SMILES string of the molecule is CC(=O)N(C(C)C)C(C(=O)O)c1ccsc1. The quantitative estimate of drug-likeness (QED) is 0.878. The van der Waals surface area contributed by atoms with Crippen molar-refractivity contribution in [2.45, 2.75) is 32.9 Å². The van der Waals surface area contributed by atoms with E-state index in [1.807, 2.05) is 19.2 Å². The van der Waals surface area contributed by atoms with Gasteiger partial charge in [-0.3, -0.25) is 4.79 Å². The number of aliphatic carboxylic acids is 1. The molecule has 0 aliphatic heterocycles. The number of carboxylic acid groups (broad SMARTS) is 1. The van der Waals surface area contributed by atoms with Gasteiger partial charge in [-0.1, -0.05) is 0 Å². The zero-order valence-corrected chi connectivity index (χ0v) is 10.3. The number of hydrogen-bond donors (Lipinski definition) is 1. The van der Waals surface area contributed by atoms with Crippen LogP contribution >= 0.6 is 11.3 Å². The maximum Gasteiger partial charge on any atom is 0.331 e. The van der Waals surface area contributed by atoms with Crippen molar-refractivity contribution in [3.63, 3.8) is 0 Å². The molecule has 0 saturated heterocycles. The Bertz CT molecular complexity index is 373. The van der Waals surface area contributed by atoms with Crippen molar-refractivity contribution in [2.75, 3.05) is 0 Å². The van der Waals surface area contributed by atoms with E-state index in [2.05, 4.69) is 0 Å². The Balaban J connectivity index is 3.10. The van der Waals surface area contributed by atoms with E-state index < -0.39 is 12.0 Å². The molecule has 5 heteroatoms. The third-order valence-corrected chi connectivity index (χ3v) is 2.99. The second kappa shape index (κ2) is 5.12. The third kappa shape index (κ3) is 2.61. The van der Waals surface area contributed by atoms with Crippen LogP contribution in [0.4, 0.5) is 0 Å². The summed E-state index contributed by atoms with van der Waals surface area (Å²) in [6.07, 6.45) is 0. The number of hydrogen-bond acceptors (Lipinski definition) is 3. The highest BCUT2D eigenvalue weighted by Crippen LogP contribution is 2.25. The van der Waals surface area contributed by atoms with Crippen molar-refractivity contribution in [3.8, 4) is 0 Å². The Kier molecular flexibility index (Phi) is 4.06. The number of carboxylic acids is 1. The zero-order chi connectivity index (χ0) is 12.3. The lowest BCUT2D eigenvalue weighted by Gasteiger charge is -2.31. The maximum atomic E-state index is 11.5. The monoisotopic (exact) mass is 241 g/mol. The molecule has 1 rings (SSSR count). The lowest BCUT2D eigenvalue weighted by molar-refractivity contribution is -0.151. The summed E-state index contributed by atoms with van der Waals surface area (Å²) in [4.78, 5) is 24.1. The highest BCUT2D eigenvalue weighted by Gasteiger charge is 2.31. The van der Waals surface area contributed by atoms with Gasteiger partial charge in [0.05, 0.1) is 0 Å². The molecule has 16 heavy (non-hydrogen) atoms. The molecular weight excluding hydrogens is 226 g/mol. The van der Waals surface area contributed by atoms with Crippen LogP contribution in [0.25, 0.3) is 0 Å². The van der Waals surface area contributed by atoms with E-state index in [0.29, 0.717) is 5.56 Å². The van der Waals surface area contributed by atoms with E-state index in [4.69, 9.17) is 0 Å². The summed E-state index contributed by atoms with van der Waals surface area (Å²) in [5.74, 6) is -1.23. The maximum absolute atomic E-state index is 11.5. The van der Waals surface area contributed by atoms with Gasteiger partial charge < -0.3 is 10.0 Å². The number of amides is 1. The van der Waals surface area contributed by atoms with Crippen molar-refractivity contribution in [3.05, 3.63) is 22.4 Å². The fraction of sp³-hybridized carbons (Fsp3) is 0.455. The van der Waals surface area contributed by atoms with Crippen LogP contribution in [0.1, 0.15) is 32.4 Å². The molecule has 88 valence electrons. The topological polar surface area (TPSA) is 57.6 Å². The minimum atomic E-state index is -0.998. The average molecular weight is 241 g/mol. The van der Waals surface area contributed by atoms with Crippen LogP contribution in [0.5, 0.6) is 0 Å². The fourth-order valence-corrected chi connectivity index (χ4v) is 2.38. The Labute approximate surface area is 98.5 Å². The zero-order valence-electron chi connectivity index (χ0n) is 9.51. The Hall–Kier alpha value is -1.36. The van der Waals surface area contributed by atoms with E-state index in [1.165, 1.54) is 23.2 Å². The second-order valence-corrected chi connectivity index (χ2v) is 4.60. The van der Waals surface area contributed by atoms with Gasteiger partial charge >= 0.3 is 5.97 Å². The first-order valence-electron chi connectivity index (χ1n) is 4.99. The predicted molar refractivity (Wildman–Crippen MR) is 62.4 cm³/mol. The van der Waals surface area contributed by atoms with E-state index in [9.17, 15) is 14.7 Å². The summed E-state index contributed by atoms with van der Waals surface area (Å²) in [6, 6.07) is 0.712. The van der Waals surface area contributed by atoms with Gasteiger partial charge in [-0.15, -0.1) is 0 Å². The second-order valence-electron chi connectivity index (χ2n) is 3.82. The van der Waals surface area contributed by atoms with E-state index in [0.717, 1.165) is 0 Å². The largest absolute Gasteiger partial charge is 0.479 e. The summed E-state index contributed by atoms with van der Waals surface area (Å²) in [5.41, 5.74) is 0.654. The van der Waals surface area contributed by atoms with Crippen LogP contribution in [0.15, 0.2) is 16.8 Å². The van der Waals surface area contributed by atoms with Gasteiger partial charge in [0.25, 0.3) is 0 Å². The highest BCUT2D eigenvalue weighted by atomic mass is 32.1. The Morgan fingerprint density at radius 2 is 2.06 bits per heavy atom. The molecular formula is C11H15NO3S. The molecule has 1 N–H and O–H groups in total. The first-order valence-corrected chi connectivity index (χ1v) is 5.93. The number of rotatable bonds is 4. The summed E-state index contributed by atoms with van der Waals surface area (Å²) in [6.45, 7) is 5.01. The molecule has 1 unspecified atom stereocenters. The molecule has 1 aromatic rings. The van der Waals surface area contributed by atoms with Crippen LogP contribution in [-0.4, -0.2) is 27.9 Å². The molecule has 1 aromatic heterocycles. The van der Waals surface area contributed by atoms with Gasteiger partial charge in [0.2, 0.25) is 5.91 Å². The third-order valence-electron chi connectivity index (χ3n) is 2.29. The number of carbonyl (C=O) groups excluding carboxylic acids is 1. The van der Waals surface area contributed by atoms with E-state index in [1.54, 1.807) is 11.4 Å².